The van der Waals surface area contributed by atoms with Crippen molar-refractivity contribution in [1.29, 1.82) is 0 Å². The number of hydrogen-bond donors (Lipinski definition) is 1. The summed E-state index contributed by atoms with van der Waals surface area (Å²) < 4.78 is 1.57. The Balaban J connectivity index is 2.14. The van der Waals surface area contributed by atoms with Crippen LogP contribution in [0.5, 0.6) is 0 Å². The first kappa shape index (κ1) is 14.0. The molecule has 1 amide bonds. The van der Waals surface area contributed by atoms with Crippen molar-refractivity contribution in [3.63, 3.8) is 0 Å². The molecule has 0 unspecified atom stereocenters. The number of para-hydroxylation sites is 1. The van der Waals surface area contributed by atoms with Gasteiger partial charge >= 0.3 is 0 Å². The highest BCUT2D eigenvalue weighted by Crippen LogP contribution is 2.15. The van der Waals surface area contributed by atoms with E-state index in [9.17, 15) is 9.59 Å². The summed E-state index contributed by atoms with van der Waals surface area (Å²) in [4.78, 5) is 28.2. The van der Waals surface area contributed by atoms with E-state index in [4.69, 9.17) is 0 Å². The zero-order valence-electron chi connectivity index (χ0n) is 12.3. The maximum absolute atomic E-state index is 12.7. The Morgan fingerprint density at radius 2 is 1.77 bits per heavy atom. The molecule has 3 aromatic rings. The molecule has 3 rings (SSSR count). The van der Waals surface area contributed by atoms with Gasteiger partial charge in [0.05, 0.1) is 16.6 Å². The fourth-order valence-corrected chi connectivity index (χ4v) is 2.44. The van der Waals surface area contributed by atoms with Gasteiger partial charge in [-0.3, -0.25) is 14.2 Å². The fraction of sp³-hybridized carbons (Fsp3) is 0.118. The lowest BCUT2D eigenvalue weighted by molar-refractivity contribution is -0.114. The van der Waals surface area contributed by atoms with Crippen molar-refractivity contribution in [2.24, 2.45) is 0 Å². The van der Waals surface area contributed by atoms with Crippen molar-refractivity contribution in [2.45, 2.75) is 13.8 Å². The number of rotatable bonds is 2. The van der Waals surface area contributed by atoms with Gasteiger partial charge in [-0.25, -0.2) is 4.98 Å². The molecule has 1 aromatic heterocycles. The van der Waals surface area contributed by atoms with Crippen LogP contribution in [0.1, 0.15) is 12.7 Å². The number of hydrogen-bond acceptors (Lipinski definition) is 3. The molecule has 0 fully saturated rings. The van der Waals surface area contributed by atoms with Gasteiger partial charge in [-0.15, -0.1) is 0 Å². The SMILES string of the molecule is CC(=O)Nc1ccc(-n2c(C)nc3ccccc3c2=O)cc1. The lowest BCUT2D eigenvalue weighted by Gasteiger charge is -2.11. The number of nitrogens with one attached hydrogen (secondary N) is 1. The van der Waals surface area contributed by atoms with Gasteiger partial charge in [-0.2, -0.15) is 0 Å². The third-order valence-corrected chi connectivity index (χ3v) is 3.39. The quantitative estimate of drug-likeness (QED) is 0.790. The van der Waals surface area contributed by atoms with Crippen LogP contribution in [-0.4, -0.2) is 15.5 Å². The molecular weight excluding hydrogens is 278 g/mol. The van der Waals surface area contributed by atoms with Crippen molar-refractivity contribution in [2.75, 3.05) is 5.32 Å². The highest BCUT2D eigenvalue weighted by Gasteiger charge is 2.09. The topological polar surface area (TPSA) is 64.0 Å². The number of amides is 1. The molecule has 5 nitrogen and oxygen atoms in total. The Hall–Kier alpha value is -2.95. The number of benzene rings is 2. The normalized spacial score (nSPS) is 10.6. The lowest BCUT2D eigenvalue weighted by atomic mass is 10.2. The third-order valence-electron chi connectivity index (χ3n) is 3.39. The van der Waals surface area contributed by atoms with Gasteiger partial charge in [0, 0.05) is 12.6 Å². The molecule has 0 spiro atoms. The molecule has 110 valence electrons. The first-order valence-corrected chi connectivity index (χ1v) is 6.92. The van der Waals surface area contributed by atoms with Crippen molar-refractivity contribution >= 4 is 22.5 Å². The second-order valence-corrected chi connectivity index (χ2v) is 5.04. The molecule has 22 heavy (non-hydrogen) atoms. The van der Waals surface area contributed by atoms with Crippen molar-refractivity contribution in [1.82, 2.24) is 9.55 Å². The van der Waals surface area contributed by atoms with Gasteiger partial charge in [-0.05, 0) is 43.3 Å². The first-order chi connectivity index (χ1) is 10.6. The number of nitrogens with zero attached hydrogens (tertiary/aromatic N) is 2. The highest BCUT2D eigenvalue weighted by atomic mass is 16.1. The number of aromatic nitrogens is 2. The van der Waals surface area contributed by atoms with Gasteiger partial charge in [0.25, 0.3) is 5.56 Å². The number of carbonyl (C=O) groups is 1. The van der Waals surface area contributed by atoms with Crippen LogP contribution in [0.3, 0.4) is 0 Å². The molecule has 0 aliphatic rings. The van der Waals surface area contributed by atoms with Crippen LogP contribution in [0.4, 0.5) is 5.69 Å². The van der Waals surface area contributed by atoms with E-state index < -0.39 is 0 Å². The van der Waals surface area contributed by atoms with Gasteiger partial charge in [0.2, 0.25) is 5.91 Å². The number of anilines is 1. The fourth-order valence-electron chi connectivity index (χ4n) is 2.44. The summed E-state index contributed by atoms with van der Waals surface area (Å²) in [6.45, 7) is 3.26. The van der Waals surface area contributed by atoms with Crippen LogP contribution in [0.25, 0.3) is 16.6 Å². The molecule has 0 aliphatic carbocycles. The Kier molecular flexibility index (Phi) is 3.47. The van der Waals surface area contributed by atoms with Crippen LogP contribution < -0.4 is 10.9 Å². The smallest absolute Gasteiger partial charge is 0.265 e. The Bertz CT molecular complexity index is 911. The van der Waals surface area contributed by atoms with E-state index in [1.807, 2.05) is 18.2 Å². The Morgan fingerprint density at radius 3 is 2.45 bits per heavy atom. The molecule has 0 bridgehead atoms. The molecule has 5 heteroatoms. The van der Waals surface area contributed by atoms with Crippen LogP contribution in [0.15, 0.2) is 53.3 Å². The van der Waals surface area contributed by atoms with Gasteiger partial charge < -0.3 is 5.32 Å². The number of fused-ring (bicyclic) bond motifs is 1. The molecule has 2 aromatic carbocycles. The van der Waals surface area contributed by atoms with Crippen molar-refractivity contribution in [3.8, 4) is 5.69 Å². The summed E-state index contributed by atoms with van der Waals surface area (Å²) in [5, 5.41) is 3.28. The Morgan fingerprint density at radius 1 is 1.09 bits per heavy atom. The van der Waals surface area contributed by atoms with E-state index >= 15 is 0 Å². The third kappa shape index (κ3) is 2.48. The molecule has 0 atom stereocenters. The molecular formula is C17H15N3O2. The van der Waals surface area contributed by atoms with Crippen LogP contribution in [0, 0.1) is 6.92 Å². The second kappa shape index (κ2) is 5.44. The molecule has 0 radical (unpaired) electrons. The molecule has 0 aliphatic heterocycles. The van der Waals surface area contributed by atoms with E-state index in [0.29, 0.717) is 22.4 Å². The van der Waals surface area contributed by atoms with Crippen molar-refractivity contribution < 1.29 is 4.79 Å². The predicted octanol–water partition coefficient (Wildman–Crippen LogP) is 2.65. The van der Waals surface area contributed by atoms with E-state index in [-0.39, 0.29) is 11.5 Å². The standard InChI is InChI=1S/C17H15N3O2/c1-11-18-16-6-4-3-5-15(16)17(22)20(11)14-9-7-13(8-10-14)19-12(2)21/h3-10H,1-2H3,(H,19,21). The first-order valence-electron chi connectivity index (χ1n) is 6.92. The summed E-state index contributed by atoms with van der Waals surface area (Å²) in [6, 6.07) is 14.4. The van der Waals surface area contributed by atoms with Crippen molar-refractivity contribution in [3.05, 3.63) is 64.7 Å². The molecule has 1 N–H and O–H groups in total. The minimum Gasteiger partial charge on any atom is -0.326 e. The lowest BCUT2D eigenvalue weighted by Crippen LogP contribution is -2.22. The molecule has 0 saturated carbocycles. The van der Waals surface area contributed by atoms with E-state index in [0.717, 1.165) is 5.69 Å². The maximum atomic E-state index is 12.7. The van der Waals surface area contributed by atoms with Gasteiger partial charge in [0.15, 0.2) is 0 Å². The minimum atomic E-state index is -0.131. The summed E-state index contributed by atoms with van der Waals surface area (Å²) in [5.41, 5.74) is 2.00. The summed E-state index contributed by atoms with van der Waals surface area (Å²) in [7, 11) is 0. The zero-order valence-corrected chi connectivity index (χ0v) is 12.3. The average molecular weight is 293 g/mol. The number of carbonyl (C=O) groups excluding carboxylic acids is 1. The van der Waals surface area contributed by atoms with Crippen LogP contribution in [-0.2, 0) is 4.79 Å². The predicted molar refractivity (Wildman–Crippen MR) is 86.4 cm³/mol. The van der Waals surface area contributed by atoms with Crippen LogP contribution in [0.2, 0.25) is 0 Å². The molecule has 1 heterocycles. The largest absolute Gasteiger partial charge is 0.326 e. The van der Waals surface area contributed by atoms with Crippen LogP contribution >= 0.6 is 0 Å². The van der Waals surface area contributed by atoms with E-state index in [2.05, 4.69) is 10.3 Å². The minimum absolute atomic E-state index is 0.102. The van der Waals surface area contributed by atoms with Gasteiger partial charge in [-0.1, -0.05) is 12.1 Å². The summed E-state index contributed by atoms with van der Waals surface area (Å²) in [5.74, 6) is 0.490. The number of aryl methyl sites for hydroxylation is 1. The maximum Gasteiger partial charge on any atom is 0.265 e. The van der Waals surface area contributed by atoms with E-state index in [1.165, 1.54) is 6.92 Å². The highest BCUT2D eigenvalue weighted by molar-refractivity contribution is 5.88. The average Bonchev–Trinajstić information content (AvgIpc) is 2.48. The second-order valence-electron chi connectivity index (χ2n) is 5.04. The zero-order chi connectivity index (χ0) is 15.7. The summed E-state index contributed by atoms with van der Waals surface area (Å²) >= 11 is 0. The van der Waals surface area contributed by atoms with E-state index in [1.54, 1.807) is 41.8 Å². The monoisotopic (exact) mass is 293 g/mol. The molecule has 0 saturated heterocycles. The van der Waals surface area contributed by atoms with Gasteiger partial charge in [0.1, 0.15) is 5.82 Å². The summed E-state index contributed by atoms with van der Waals surface area (Å²) in [6.07, 6.45) is 0. The Labute approximate surface area is 127 Å².